The van der Waals surface area contributed by atoms with Crippen LogP contribution in [0.5, 0.6) is 11.5 Å². The second-order valence-electron chi connectivity index (χ2n) is 4.43. The molecule has 0 unspecified atom stereocenters. The van der Waals surface area contributed by atoms with Gasteiger partial charge in [-0.05, 0) is 30.7 Å². The van der Waals surface area contributed by atoms with Crippen LogP contribution in [0.15, 0.2) is 42.5 Å². The summed E-state index contributed by atoms with van der Waals surface area (Å²) in [5.41, 5.74) is 7.01. The van der Waals surface area contributed by atoms with Crippen LogP contribution in [0.2, 0.25) is 0 Å². The molecule has 0 aromatic heterocycles. The highest BCUT2D eigenvalue weighted by molar-refractivity contribution is 5.31. The van der Waals surface area contributed by atoms with E-state index in [1.807, 2.05) is 0 Å². The number of ether oxygens (including phenoxy) is 1. The van der Waals surface area contributed by atoms with Crippen LogP contribution in [0.1, 0.15) is 24.1 Å². The number of hydrogen-bond acceptors (Lipinski definition) is 3. The zero-order valence-electron chi connectivity index (χ0n) is 10.6. The highest BCUT2D eigenvalue weighted by Gasteiger charge is 2.08. The van der Waals surface area contributed by atoms with Crippen molar-refractivity contribution < 1.29 is 14.2 Å². The Morgan fingerprint density at radius 1 is 1.21 bits per heavy atom. The summed E-state index contributed by atoms with van der Waals surface area (Å²) in [7, 11) is 0. The molecule has 0 fully saturated rings. The average Bonchev–Trinajstić information content (AvgIpc) is 2.37. The van der Waals surface area contributed by atoms with Gasteiger partial charge in [-0.2, -0.15) is 0 Å². The molecular formula is C15H16FNO2. The zero-order chi connectivity index (χ0) is 13.8. The van der Waals surface area contributed by atoms with E-state index >= 15 is 0 Å². The van der Waals surface area contributed by atoms with Gasteiger partial charge in [-0.1, -0.05) is 18.2 Å². The van der Waals surface area contributed by atoms with Crippen LogP contribution in [0.4, 0.5) is 4.39 Å². The van der Waals surface area contributed by atoms with Crippen LogP contribution < -0.4 is 10.5 Å². The van der Waals surface area contributed by atoms with Gasteiger partial charge in [0.25, 0.3) is 0 Å². The first-order chi connectivity index (χ1) is 9.06. The summed E-state index contributed by atoms with van der Waals surface area (Å²) in [6.45, 7) is 2.05. The topological polar surface area (TPSA) is 55.5 Å². The number of aromatic hydroxyl groups is 1. The van der Waals surface area contributed by atoms with E-state index in [0.29, 0.717) is 17.9 Å². The van der Waals surface area contributed by atoms with Crippen LogP contribution >= 0.6 is 0 Å². The number of rotatable bonds is 4. The van der Waals surface area contributed by atoms with Crippen molar-refractivity contribution in [1.29, 1.82) is 0 Å². The minimum Gasteiger partial charge on any atom is -0.508 e. The molecule has 19 heavy (non-hydrogen) atoms. The lowest BCUT2D eigenvalue weighted by Crippen LogP contribution is -2.07. The molecule has 0 saturated heterocycles. The van der Waals surface area contributed by atoms with Crippen molar-refractivity contribution in [3.63, 3.8) is 0 Å². The van der Waals surface area contributed by atoms with Gasteiger partial charge in [0.15, 0.2) is 0 Å². The fraction of sp³-hybridized carbons (Fsp3) is 0.200. The highest BCUT2D eigenvalue weighted by Crippen LogP contribution is 2.21. The minimum atomic E-state index is -0.363. The molecule has 2 rings (SSSR count). The lowest BCUT2D eigenvalue weighted by molar-refractivity contribution is 0.304. The average molecular weight is 261 g/mol. The Bertz CT molecular complexity index is 553. The van der Waals surface area contributed by atoms with E-state index < -0.39 is 0 Å². The summed E-state index contributed by atoms with van der Waals surface area (Å²) in [4.78, 5) is 0. The Morgan fingerprint density at radius 3 is 2.47 bits per heavy atom. The van der Waals surface area contributed by atoms with E-state index in [2.05, 4.69) is 0 Å². The van der Waals surface area contributed by atoms with Gasteiger partial charge in [0.05, 0.1) is 0 Å². The molecule has 3 N–H and O–H groups in total. The van der Waals surface area contributed by atoms with E-state index in [9.17, 15) is 4.39 Å². The second-order valence-corrected chi connectivity index (χ2v) is 4.43. The molecular weight excluding hydrogens is 245 g/mol. The largest absolute Gasteiger partial charge is 0.508 e. The number of hydrogen-bond donors (Lipinski definition) is 2. The second kappa shape index (κ2) is 5.71. The number of phenols is 1. The number of benzene rings is 2. The van der Waals surface area contributed by atoms with Gasteiger partial charge in [0, 0.05) is 17.7 Å². The van der Waals surface area contributed by atoms with Crippen molar-refractivity contribution >= 4 is 0 Å². The standard InChI is InChI=1S/C15H16FNO2/c1-10(17)14-7-6-13(8-15(14)16)19-9-11-2-4-12(18)5-3-11/h2-8,10,18H,9,17H2,1H3/t10-/m0/s1. The van der Waals surface area contributed by atoms with Crippen LogP contribution in [0.3, 0.4) is 0 Å². The predicted molar refractivity (Wildman–Crippen MR) is 71.4 cm³/mol. The summed E-state index contributed by atoms with van der Waals surface area (Å²) in [6.07, 6.45) is 0. The zero-order valence-corrected chi connectivity index (χ0v) is 10.6. The molecule has 100 valence electrons. The van der Waals surface area contributed by atoms with Crippen molar-refractivity contribution in [2.45, 2.75) is 19.6 Å². The number of phenolic OH excluding ortho intramolecular Hbond substituents is 1. The minimum absolute atomic E-state index is 0.205. The number of halogens is 1. The van der Waals surface area contributed by atoms with Crippen molar-refractivity contribution in [3.8, 4) is 11.5 Å². The Morgan fingerprint density at radius 2 is 1.89 bits per heavy atom. The van der Waals surface area contributed by atoms with Gasteiger partial charge in [0.2, 0.25) is 0 Å². The molecule has 0 bridgehead atoms. The maximum atomic E-state index is 13.7. The van der Waals surface area contributed by atoms with Crippen molar-refractivity contribution in [2.24, 2.45) is 5.73 Å². The molecule has 1 atom stereocenters. The van der Waals surface area contributed by atoms with Crippen molar-refractivity contribution in [1.82, 2.24) is 0 Å². The molecule has 0 aliphatic carbocycles. The molecule has 0 aliphatic rings. The smallest absolute Gasteiger partial charge is 0.131 e. The van der Waals surface area contributed by atoms with Gasteiger partial charge in [-0.25, -0.2) is 4.39 Å². The van der Waals surface area contributed by atoms with E-state index in [0.717, 1.165) is 5.56 Å². The summed E-state index contributed by atoms with van der Waals surface area (Å²) < 4.78 is 19.2. The van der Waals surface area contributed by atoms with E-state index in [-0.39, 0.29) is 17.6 Å². The van der Waals surface area contributed by atoms with Gasteiger partial charge in [-0.3, -0.25) is 0 Å². The molecule has 0 spiro atoms. The first-order valence-electron chi connectivity index (χ1n) is 6.02. The van der Waals surface area contributed by atoms with Gasteiger partial charge >= 0.3 is 0 Å². The van der Waals surface area contributed by atoms with E-state index in [1.54, 1.807) is 43.3 Å². The quantitative estimate of drug-likeness (QED) is 0.889. The maximum absolute atomic E-state index is 13.7. The molecule has 0 heterocycles. The highest BCUT2D eigenvalue weighted by atomic mass is 19.1. The first kappa shape index (κ1) is 13.4. The van der Waals surface area contributed by atoms with Gasteiger partial charge in [0.1, 0.15) is 23.9 Å². The van der Waals surface area contributed by atoms with Gasteiger partial charge < -0.3 is 15.6 Å². The molecule has 4 heteroatoms. The molecule has 2 aromatic carbocycles. The Labute approximate surface area is 111 Å². The summed E-state index contributed by atoms with van der Waals surface area (Å²) in [5.74, 6) is 0.296. The molecule has 0 saturated carbocycles. The van der Waals surface area contributed by atoms with E-state index in [4.69, 9.17) is 15.6 Å². The number of nitrogens with two attached hydrogens (primary N) is 1. The van der Waals surface area contributed by atoms with Crippen LogP contribution in [-0.2, 0) is 6.61 Å². The van der Waals surface area contributed by atoms with Crippen molar-refractivity contribution in [3.05, 3.63) is 59.4 Å². The fourth-order valence-electron chi connectivity index (χ4n) is 1.73. The SMILES string of the molecule is C[C@H](N)c1ccc(OCc2ccc(O)cc2)cc1F. The fourth-order valence-corrected chi connectivity index (χ4v) is 1.73. The Balaban J connectivity index is 2.04. The third-order valence-corrected chi connectivity index (χ3v) is 2.80. The molecule has 0 radical (unpaired) electrons. The van der Waals surface area contributed by atoms with Crippen LogP contribution in [0.25, 0.3) is 0 Å². The third kappa shape index (κ3) is 3.45. The lowest BCUT2D eigenvalue weighted by Gasteiger charge is -2.10. The Hall–Kier alpha value is -2.07. The summed E-state index contributed by atoms with van der Waals surface area (Å²) in [5, 5.41) is 9.16. The third-order valence-electron chi connectivity index (χ3n) is 2.80. The predicted octanol–water partition coefficient (Wildman–Crippen LogP) is 3.13. The monoisotopic (exact) mass is 261 g/mol. The summed E-state index contributed by atoms with van der Waals surface area (Å²) >= 11 is 0. The van der Waals surface area contributed by atoms with Crippen molar-refractivity contribution in [2.75, 3.05) is 0 Å². The molecule has 0 aliphatic heterocycles. The Kier molecular flexibility index (Phi) is 4.02. The molecule has 2 aromatic rings. The summed E-state index contributed by atoms with van der Waals surface area (Å²) in [6, 6.07) is 11.0. The normalized spacial score (nSPS) is 12.2. The van der Waals surface area contributed by atoms with E-state index in [1.165, 1.54) is 6.07 Å². The maximum Gasteiger partial charge on any atom is 0.131 e. The van der Waals surface area contributed by atoms with Crippen LogP contribution in [0, 0.1) is 5.82 Å². The molecule has 0 amide bonds. The van der Waals surface area contributed by atoms with Gasteiger partial charge in [-0.15, -0.1) is 0 Å². The molecule has 3 nitrogen and oxygen atoms in total. The van der Waals surface area contributed by atoms with Crippen LogP contribution in [-0.4, -0.2) is 5.11 Å². The first-order valence-corrected chi connectivity index (χ1v) is 6.02. The lowest BCUT2D eigenvalue weighted by atomic mass is 10.1.